The fraction of sp³-hybridized carbons (Fsp3) is 0.500. The molecular formula is C12H17F2N. The van der Waals surface area contributed by atoms with Crippen LogP contribution in [0, 0.1) is 11.6 Å². The number of hydrogen-bond acceptors (Lipinski definition) is 1. The Morgan fingerprint density at radius 3 is 2.13 bits per heavy atom. The van der Waals surface area contributed by atoms with Gasteiger partial charge in [0.05, 0.1) is 0 Å². The smallest absolute Gasteiger partial charge is 0.129 e. The van der Waals surface area contributed by atoms with E-state index in [4.69, 9.17) is 5.73 Å². The van der Waals surface area contributed by atoms with Crippen molar-refractivity contribution < 1.29 is 8.78 Å². The summed E-state index contributed by atoms with van der Waals surface area (Å²) in [6.45, 7) is 3.72. The van der Waals surface area contributed by atoms with Crippen LogP contribution in [0.4, 0.5) is 8.78 Å². The summed E-state index contributed by atoms with van der Waals surface area (Å²) in [5, 5.41) is 0. The first-order valence-electron chi connectivity index (χ1n) is 5.22. The Hall–Kier alpha value is -0.960. The molecule has 0 aromatic heterocycles. The molecule has 0 radical (unpaired) electrons. The third-order valence-electron chi connectivity index (χ3n) is 2.55. The summed E-state index contributed by atoms with van der Waals surface area (Å²) < 4.78 is 26.7. The molecule has 0 bridgehead atoms. The highest BCUT2D eigenvalue weighted by Gasteiger charge is 2.15. The van der Waals surface area contributed by atoms with Crippen molar-refractivity contribution in [1.29, 1.82) is 0 Å². The maximum Gasteiger partial charge on any atom is 0.129 e. The van der Waals surface area contributed by atoms with Crippen LogP contribution in [-0.2, 0) is 0 Å². The fourth-order valence-corrected chi connectivity index (χ4v) is 1.64. The van der Waals surface area contributed by atoms with Crippen LogP contribution in [0.3, 0.4) is 0 Å². The zero-order chi connectivity index (χ0) is 11.4. The van der Waals surface area contributed by atoms with Gasteiger partial charge in [-0.2, -0.15) is 0 Å². The van der Waals surface area contributed by atoms with E-state index in [-0.39, 0.29) is 17.5 Å². The monoisotopic (exact) mass is 213 g/mol. The van der Waals surface area contributed by atoms with Crippen molar-refractivity contribution in [2.75, 3.05) is 0 Å². The molecule has 1 aromatic carbocycles. The standard InChI is InChI=1S/C12H17F2N/c1-8(6-7-9(2)15)12-10(13)4-3-5-11(12)14/h3-5,8-9H,6-7,15H2,1-2H3. The van der Waals surface area contributed by atoms with Crippen LogP contribution in [0.15, 0.2) is 18.2 Å². The lowest BCUT2D eigenvalue weighted by Crippen LogP contribution is -2.15. The molecule has 1 rings (SSSR count). The highest BCUT2D eigenvalue weighted by molar-refractivity contribution is 5.23. The quantitative estimate of drug-likeness (QED) is 0.816. The van der Waals surface area contributed by atoms with Crippen molar-refractivity contribution in [3.8, 4) is 0 Å². The Labute approximate surface area is 89.3 Å². The zero-order valence-electron chi connectivity index (χ0n) is 9.13. The molecule has 0 fully saturated rings. The molecule has 1 nitrogen and oxygen atoms in total. The molecule has 0 aliphatic rings. The molecule has 15 heavy (non-hydrogen) atoms. The Bertz CT molecular complexity index is 303. The topological polar surface area (TPSA) is 26.0 Å². The van der Waals surface area contributed by atoms with Gasteiger partial charge < -0.3 is 5.73 Å². The van der Waals surface area contributed by atoms with Crippen molar-refractivity contribution in [3.05, 3.63) is 35.4 Å². The van der Waals surface area contributed by atoms with Gasteiger partial charge in [0.25, 0.3) is 0 Å². The van der Waals surface area contributed by atoms with E-state index in [2.05, 4.69) is 0 Å². The Balaban J connectivity index is 2.77. The van der Waals surface area contributed by atoms with Crippen LogP contribution in [0.1, 0.15) is 38.2 Å². The predicted octanol–water partition coefficient (Wildman–Crippen LogP) is 3.20. The Kier molecular flexibility index (Phi) is 4.21. The zero-order valence-corrected chi connectivity index (χ0v) is 9.13. The fourth-order valence-electron chi connectivity index (χ4n) is 1.64. The minimum Gasteiger partial charge on any atom is -0.328 e. The highest BCUT2D eigenvalue weighted by Crippen LogP contribution is 2.26. The molecule has 0 aliphatic carbocycles. The second kappa shape index (κ2) is 5.21. The average molecular weight is 213 g/mol. The van der Waals surface area contributed by atoms with Crippen molar-refractivity contribution >= 4 is 0 Å². The molecule has 84 valence electrons. The summed E-state index contributed by atoms with van der Waals surface area (Å²) >= 11 is 0. The van der Waals surface area contributed by atoms with Gasteiger partial charge in [-0.05, 0) is 37.8 Å². The molecule has 0 heterocycles. The number of hydrogen-bond donors (Lipinski definition) is 1. The van der Waals surface area contributed by atoms with E-state index >= 15 is 0 Å². The van der Waals surface area contributed by atoms with Crippen molar-refractivity contribution in [3.63, 3.8) is 0 Å². The van der Waals surface area contributed by atoms with Crippen molar-refractivity contribution in [1.82, 2.24) is 0 Å². The van der Waals surface area contributed by atoms with Gasteiger partial charge in [0.1, 0.15) is 11.6 Å². The molecule has 0 saturated heterocycles. The van der Waals surface area contributed by atoms with E-state index in [1.807, 2.05) is 13.8 Å². The van der Waals surface area contributed by atoms with Crippen LogP contribution in [-0.4, -0.2) is 6.04 Å². The van der Waals surface area contributed by atoms with E-state index in [0.717, 1.165) is 6.42 Å². The third-order valence-corrected chi connectivity index (χ3v) is 2.55. The summed E-state index contributed by atoms with van der Waals surface area (Å²) in [5.74, 6) is -1.06. The molecule has 2 N–H and O–H groups in total. The molecular weight excluding hydrogens is 196 g/mol. The maximum atomic E-state index is 13.4. The lowest BCUT2D eigenvalue weighted by Gasteiger charge is -2.14. The molecule has 0 saturated carbocycles. The first-order valence-corrected chi connectivity index (χ1v) is 5.22. The van der Waals surface area contributed by atoms with E-state index in [0.29, 0.717) is 6.42 Å². The highest BCUT2D eigenvalue weighted by atomic mass is 19.1. The van der Waals surface area contributed by atoms with Gasteiger partial charge in [-0.15, -0.1) is 0 Å². The van der Waals surface area contributed by atoms with Gasteiger partial charge in [0.2, 0.25) is 0 Å². The molecule has 0 aliphatic heterocycles. The van der Waals surface area contributed by atoms with Gasteiger partial charge in [0.15, 0.2) is 0 Å². The largest absolute Gasteiger partial charge is 0.328 e. The van der Waals surface area contributed by atoms with E-state index in [1.54, 1.807) is 0 Å². The van der Waals surface area contributed by atoms with Gasteiger partial charge in [0, 0.05) is 11.6 Å². The SMILES string of the molecule is CC(N)CCC(C)c1c(F)cccc1F. The van der Waals surface area contributed by atoms with Gasteiger partial charge >= 0.3 is 0 Å². The molecule has 2 atom stereocenters. The number of nitrogens with two attached hydrogens (primary N) is 1. The Morgan fingerprint density at radius 1 is 1.13 bits per heavy atom. The van der Waals surface area contributed by atoms with Gasteiger partial charge in [-0.3, -0.25) is 0 Å². The van der Waals surface area contributed by atoms with Gasteiger partial charge in [-0.25, -0.2) is 8.78 Å². The van der Waals surface area contributed by atoms with E-state index in [9.17, 15) is 8.78 Å². The second-order valence-electron chi connectivity index (χ2n) is 4.09. The summed E-state index contributed by atoms with van der Waals surface area (Å²) in [6.07, 6.45) is 1.48. The van der Waals surface area contributed by atoms with Gasteiger partial charge in [-0.1, -0.05) is 13.0 Å². The van der Waals surface area contributed by atoms with Crippen LogP contribution < -0.4 is 5.73 Å². The van der Waals surface area contributed by atoms with Crippen LogP contribution in [0.2, 0.25) is 0 Å². The summed E-state index contributed by atoms with van der Waals surface area (Å²) in [6, 6.07) is 4.04. The normalized spacial score (nSPS) is 15.0. The second-order valence-corrected chi connectivity index (χ2v) is 4.09. The van der Waals surface area contributed by atoms with Crippen LogP contribution >= 0.6 is 0 Å². The third kappa shape index (κ3) is 3.27. The number of halogens is 2. The lowest BCUT2D eigenvalue weighted by atomic mass is 9.94. The van der Waals surface area contributed by atoms with Crippen molar-refractivity contribution in [2.45, 2.75) is 38.6 Å². The predicted molar refractivity (Wildman–Crippen MR) is 57.7 cm³/mol. The minimum atomic E-state index is -0.466. The molecule has 2 unspecified atom stereocenters. The van der Waals surface area contributed by atoms with E-state index < -0.39 is 11.6 Å². The van der Waals surface area contributed by atoms with Crippen LogP contribution in [0.5, 0.6) is 0 Å². The molecule has 3 heteroatoms. The molecule has 0 spiro atoms. The summed E-state index contributed by atoms with van der Waals surface area (Å²) in [5.41, 5.74) is 5.79. The first-order chi connectivity index (χ1) is 7.02. The number of benzene rings is 1. The average Bonchev–Trinajstić information content (AvgIpc) is 2.14. The maximum absolute atomic E-state index is 13.4. The summed E-state index contributed by atoms with van der Waals surface area (Å²) in [4.78, 5) is 0. The van der Waals surface area contributed by atoms with Crippen LogP contribution in [0.25, 0.3) is 0 Å². The van der Waals surface area contributed by atoms with E-state index in [1.165, 1.54) is 18.2 Å². The first kappa shape index (κ1) is 12.1. The van der Waals surface area contributed by atoms with Crippen molar-refractivity contribution in [2.24, 2.45) is 5.73 Å². The lowest BCUT2D eigenvalue weighted by molar-refractivity contribution is 0.499. The molecule has 1 aromatic rings. The Morgan fingerprint density at radius 2 is 1.67 bits per heavy atom. The summed E-state index contributed by atoms with van der Waals surface area (Å²) in [7, 11) is 0. The number of rotatable bonds is 4. The molecule has 0 amide bonds. The minimum absolute atomic E-state index is 0.0716.